The van der Waals surface area contributed by atoms with Crippen molar-refractivity contribution in [2.24, 2.45) is 4.99 Å². The molecule has 0 fully saturated rings. The van der Waals surface area contributed by atoms with Crippen LogP contribution in [0.25, 0.3) is 0 Å². The number of aliphatic imine (C=N–C) groups is 1. The molecule has 0 spiro atoms. The van der Waals surface area contributed by atoms with Gasteiger partial charge in [-0.3, -0.25) is 9.79 Å². The van der Waals surface area contributed by atoms with Crippen LogP contribution in [-0.2, 0) is 10.2 Å². The van der Waals surface area contributed by atoms with Crippen molar-refractivity contribution < 1.29 is 4.79 Å². The molecule has 156 valence electrons. The third-order valence-electron chi connectivity index (χ3n) is 4.75. The van der Waals surface area contributed by atoms with E-state index in [9.17, 15) is 4.79 Å². The monoisotopic (exact) mass is 399 g/mol. The van der Waals surface area contributed by atoms with Gasteiger partial charge >= 0.3 is 0 Å². The maximum atomic E-state index is 9.94. The molecular weight excluding hydrogens is 366 g/mol. The highest BCUT2D eigenvalue weighted by molar-refractivity contribution is 5.75. The van der Waals surface area contributed by atoms with Gasteiger partial charge in [0, 0.05) is 11.6 Å². The van der Waals surface area contributed by atoms with E-state index < -0.39 is 0 Å². The number of hydrogen-bond acceptors (Lipinski definition) is 2. The SMILES string of the molecule is CC.CC(c1ccccc1)(c1ccccc1)c1ccccc1.CC=N/C(C=O)=C\C. The second-order valence-corrected chi connectivity index (χ2v) is 6.44. The van der Waals surface area contributed by atoms with E-state index in [2.05, 4.69) is 103 Å². The molecule has 0 aliphatic heterocycles. The number of hydrogen-bond donors (Lipinski definition) is 0. The summed E-state index contributed by atoms with van der Waals surface area (Å²) in [6, 6.07) is 32.1. The predicted octanol–water partition coefficient (Wildman–Crippen LogP) is 7.25. The van der Waals surface area contributed by atoms with Crippen LogP contribution in [0.2, 0.25) is 0 Å². The van der Waals surface area contributed by atoms with Crippen molar-refractivity contribution in [2.45, 2.75) is 40.0 Å². The summed E-state index contributed by atoms with van der Waals surface area (Å²) in [5.74, 6) is 0. The van der Waals surface area contributed by atoms with Crippen LogP contribution in [0.4, 0.5) is 0 Å². The van der Waals surface area contributed by atoms with Gasteiger partial charge in [-0.05, 0) is 37.5 Å². The topological polar surface area (TPSA) is 29.4 Å². The number of nitrogens with zero attached hydrogens (tertiary/aromatic N) is 1. The van der Waals surface area contributed by atoms with Crippen molar-refractivity contribution in [1.29, 1.82) is 0 Å². The van der Waals surface area contributed by atoms with Crippen molar-refractivity contribution >= 4 is 12.5 Å². The third kappa shape index (κ3) is 6.66. The van der Waals surface area contributed by atoms with E-state index in [4.69, 9.17) is 0 Å². The van der Waals surface area contributed by atoms with Crippen molar-refractivity contribution in [3.05, 3.63) is 119 Å². The summed E-state index contributed by atoms with van der Waals surface area (Å²) in [5, 5.41) is 0. The van der Waals surface area contributed by atoms with Gasteiger partial charge in [0.05, 0.1) is 5.70 Å². The van der Waals surface area contributed by atoms with E-state index in [1.165, 1.54) is 16.7 Å². The number of aldehydes is 1. The molecule has 0 amide bonds. The Morgan fingerprint density at radius 3 is 1.23 bits per heavy atom. The lowest BCUT2D eigenvalue weighted by atomic mass is 9.71. The average molecular weight is 400 g/mol. The smallest absolute Gasteiger partial charge is 0.168 e. The minimum absolute atomic E-state index is 0.121. The lowest BCUT2D eigenvalue weighted by Crippen LogP contribution is -2.25. The molecule has 0 aliphatic carbocycles. The Hall–Kier alpha value is -3.26. The lowest BCUT2D eigenvalue weighted by molar-refractivity contribution is -0.104. The normalized spacial score (nSPS) is 11.0. The molecule has 2 nitrogen and oxygen atoms in total. The Morgan fingerprint density at radius 1 is 0.700 bits per heavy atom. The maximum Gasteiger partial charge on any atom is 0.168 e. The standard InChI is InChI=1S/C20H18.C6H9NO.C2H6/c1-20(17-11-5-2-6-12-17,18-13-7-3-8-14-18)19-15-9-4-10-16-19;1-3-6(5-8)7-4-2;1-2/h2-16H,1H3;3-5H,1-2H3;1-2H3/b;6-3-,7-4?;. The molecule has 0 aromatic heterocycles. The molecule has 0 saturated heterocycles. The number of allylic oxidation sites excluding steroid dienone is 2. The number of carbonyl (C=O) groups excluding carboxylic acids is 1. The first kappa shape index (κ1) is 24.8. The average Bonchev–Trinajstić information content (AvgIpc) is 2.85. The first-order chi connectivity index (χ1) is 14.7. The molecule has 0 radical (unpaired) electrons. The molecule has 0 bridgehead atoms. The second-order valence-electron chi connectivity index (χ2n) is 6.44. The molecule has 0 atom stereocenters. The number of benzene rings is 3. The highest BCUT2D eigenvalue weighted by Gasteiger charge is 2.30. The van der Waals surface area contributed by atoms with Gasteiger partial charge < -0.3 is 0 Å². The van der Waals surface area contributed by atoms with Crippen LogP contribution in [0.1, 0.15) is 51.3 Å². The highest BCUT2D eigenvalue weighted by Crippen LogP contribution is 2.38. The summed E-state index contributed by atoms with van der Waals surface area (Å²) in [7, 11) is 0. The van der Waals surface area contributed by atoms with E-state index in [-0.39, 0.29) is 5.41 Å². The molecule has 30 heavy (non-hydrogen) atoms. The fourth-order valence-corrected chi connectivity index (χ4v) is 3.14. The molecule has 3 rings (SSSR count). The van der Waals surface area contributed by atoms with Crippen LogP contribution in [0, 0.1) is 0 Å². The summed E-state index contributed by atoms with van der Waals surface area (Å²) in [6.07, 6.45) is 3.97. The van der Waals surface area contributed by atoms with Crippen LogP contribution in [0.5, 0.6) is 0 Å². The molecule has 0 aliphatic rings. The summed E-state index contributed by atoms with van der Waals surface area (Å²) in [5.41, 5.74) is 4.31. The third-order valence-corrected chi connectivity index (χ3v) is 4.75. The number of carbonyl (C=O) groups is 1. The van der Waals surface area contributed by atoms with Gasteiger partial charge in [-0.25, -0.2) is 0 Å². The second kappa shape index (κ2) is 13.8. The molecule has 0 saturated carbocycles. The minimum atomic E-state index is -0.121. The van der Waals surface area contributed by atoms with Crippen LogP contribution >= 0.6 is 0 Å². The molecule has 3 aromatic carbocycles. The maximum absolute atomic E-state index is 9.94. The fourth-order valence-electron chi connectivity index (χ4n) is 3.14. The zero-order valence-electron chi connectivity index (χ0n) is 18.7. The first-order valence-electron chi connectivity index (χ1n) is 10.4. The largest absolute Gasteiger partial charge is 0.296 e. The molecule has 2 heteroatoms. The van der Waals surface area contributed by atoms with Gasteiger partial charge in [0.1, 0.15) is 0 Å². The van der Waals surface area contributed by atoms with Crippen LogP contribution in [0.3, 0.4) is 0 Å². The van der Waals surface area contributed by atoms with Crippen LogP contribution in [0.15, 0.2) is 108 Å². The summed E-state index contributed by atoms with van der Waals surface area (Å²) in [6.45, 7) is 9.84. The molecular formula is C28H33NO. The minimum Gasteiger partial charge on any atom is -0.296 e. The fraction of sp³-hybridized carbons (Fsp3) is 0.214. The van der Waals surface area contributed by atoms with Crippen molar-refractivity contribution in [3.8, 4) is 0 Å². The Kier molecular flexibility index (Phi) is 11.4. The molecule has 0 unspecified atom stereocenters. The lowest BCUT2D eigenvalue weighted by Gasteiger charge is -2.31. The Balaban J connectivity index is 0.000000383. The van der Waals surface area contributed by atoms with Crippen molar-refractivity contribution in [2.75, 3.05) is 0 Å². The van der Waals surface area contributed by atoms with Gasteiger partial charge in [-0.2, -0.15) is 0 Å². The zero-order chi connectivity index (χ0) is 22.2. The van der Waals surface area contributed by atoms with Crippen LogP contribution in [-0.4, -0.2) is 12.5 Å². The van der Waals surface area contributed by atoms with E-state index in [1.807, 2.05) is 13.8 Å². The first-order valence-corrected chi connectivity index (χ1v) is 10.4. The van der Waals surface area contributed by atoms with E-state index in [0.717, 1.165) is 6.29 Å². The van der Waals surface area contributed by atoms with Crippen molar-refractivity contribution in [1.82, 2.24) is 0 Å². The zero-order valence-corrected chi connectivity index (χ0v) is 18.7. The summed E-state index contributed by atoms with van der Waals surface area (Å²) < 4.78 is 0. The van der Waals surface area contributed by atoms with Gasteiger partial charge in [0.25, 0.3) is 0 Å². The van der Waals surface area contributed by atoms with Crippen molar-refractivity contribution in [3.63, 3.8) is 0 Å². The van der Waals surface area contributed by atoms with Gasteiger partial charge in [-0.1, -0.05) is 111 Å². The predicted molar refractivity (Wildman–Crippen MR) is 130 cm³/mol. The van der Waals surface area contributed by atoms with E-state index in [0.29, 0.717) is 5.70 Å². The van der Waals surface area contributed by atoms with Crippen LogP contribution < -0.4 is 0 Å². The Bertz CT molecular complexity index is 800. The quantitative estimate of drug-likeness (QED) is 0.192. The molecule has 0 N–H and O–H groups in total. The summed E-state index contributed by atoms with van der Waals surface area (Å²) in [4.78, 5) is 13.7. The van der Waals surface area contributed by atoms with Gasteiger partial charge in [-0.15, -0.1) is 0 Å². The molecule has 3 aromatic rings. The number of rotatable bonds is 5. The Morgan fingerprint density at radius 2 is 1.03 bits per heavy atom. The molecule has 0 heterocycles. The summed E-state index contributed by atoms with van der Waals surface area (Å²) >= 11 is 0. The van der Waals surface area contributed by atoms with Gasteiger partial charge in [0.15, 0.2) is 6.29 Å². The Labute approximate surface area is 182 Å². The van der Waals surface area contributed by atoms with E-state index >= 15 is 0 Å². The highest BCUT2D eigenvalue weighted by atomic mass is 16.1. The van der Waals surface area contributed by atoms with Gasteiger partial charge in [0.2, 0.25) is 0 Å². The van der Waals surface area contributed by atoms with E-state index in [1.54, 1.807) is 26.1 Å².